The van der Waals surface area contributed by atoms with Gasteiger partial charge >= 0.3 is 0 Å². The van der Waals surface area contributed by atoms with Gasteiger partial charge in [-0.3, -0.25) is 4.79 Å². The number of rotatable bonds is 9. The number of amides is 1. The van der Waals surface area contributed by atoms with Crippen molar-refractivity contribution in [3.8, 4) is 5.75 Å². The van der Waals surface area contributed by atoms with Gasteiger partial charge in [-0.25, -0.2) is 8.42 Å². The van der Waals surface area contributed by atoms with Crippen molar-refractivity contribution < 1.29 is 17.9 Å². The van der Waals surface area contributed by atoms with Gasteiger partial charge in [0.2, 0.25) is 15.9 Å². The Morgan fingerprint density at radius 2 is 1.93 bits per heavy atom. The lowest BCUT2D eigenvalue weighted by atomic mass is 10.2. The van der Waals surface area contributed by atoms with E-state index < -0.39 is 15.9 Å². The number of methoxy groups -OCH3 is 1. The third kappa shape index (κ3) is 5.48. The Labute approximate surface area is 174 Å². The fraction of sp³-hybridized carbons (Fsp3) is 0.211. The third-order valence-electron chi connectivity index (χ3n) is 3.85. The van der Waals surface area contributed by atoms with Crippen LogP contribution in [-0.2, 0) is 21.4 Å². The standard InChI is InChI=1S/C19H20Cl2N2O4S/c1-3-10-23(28(25,26)15-8-9-16(20)17(21)11-15)13-19(24)22-12-14-6-4-5-7-18(14)27-2/h3-9,11H,1,10,12-13H2,2H3,(H,22,24). The van der Waals surface area contributed by atoms with E-state index in [2.05, 4.69) is 11.9 Å². The number of benzene rings is 2. The summed E-state index contributed by atoms with van der Waals surface area (Å²) in [7, 11) is -2.42. The van der Waals surface area contributed by atoms with Crippen molar-refractivity contribution in [2.24, 2.45) is 0 Å². The van der Waals surface area contributed by atoms with Crippen molar-refractivity contribution in [3.05, 3.63) is 70.7 Å². The zero-order chi connectivity index (χ0) is 20.7. The second kappa shape index (κ2) is 9.93. The molecular formula is C19H20Cl2N2O4S. The minimum Gasteiger partial charge on any atom is -0.496 e. The molecule has 28 heavy (non-hydrogen) atoms. The van der Waals surface area contributed by atoms with Gasteiger partial charge in [0.25, 0.3) is 0 Å². The van der Waals surface area contributed by atoms with Crippen LogP contribution in [0.15, 0.2) is 60.0 Å². The predicted molar refractivity (Wildman–Crippen MR) is 110 cm³/mol. The molecule has 6 nitrogen and oxygen atoms in total. The lowest BCUT2D eigenvalue weighted by Gasteiger charge is -2.20. The molecule has 0 aliphatic rings. The molecule has 0 heterocycles. The summed E-state index contributed by atoms with van der Waals surface area (Å²) in [5.41, 5.74) is 0.779. The molecule has 0 aliphatic heterocycles. The highest BCUT2D eigenvalue weighted by molar-refractivity contribution is 7.89. The summed E-state index contributed by atoms with van der Waals surface area (Å²) in [5, 5.41) is 3.05. The number of carbonyl (C=O) groups excluding carboxylic acids is 1. The summed E-state index contributed by atoms with van der Waals surface area (Å²) in [6.45, 7) is 3.36. The summed E-state index contributed by atoms with van der Waals surface area (Å²) < 4.78 is 32.0. The SMILES string of the molecule is C=CCN(CC(=O)NCc1ccccc1OC)S(=O)(=O)c1ccc(Cl)c(Cl)c1. The van der Waals surface area contributed by atoms with E-state index in [1.165, 1.54) is 31.4 Å². The minimum absolute atomic E-state index is 0.0370. The average Bonchev–Trinajstić information content (AvgIpc) is 2.68. The number of halogens is 2. The quantitative estimate of drug-likeness (QED) is 0.602. The molecule has 0 spiro atoms. The Balaban J connectivity index is 2.13. The second-order valence-corrected chi connectivity index (χ2v) is 8.50. The lowest BCUT2D eigenvalue weighted by molar-refractivity contribution is -0.121. The summed E-state index contributed by atoms with van der Waals surface area (Å²) in [4.78, 5) is 12.3. The fourth-order valence-electron chi connectivity index (χ4n) is 2.44. The highest BCUT2D eigenvalue weighted by atomic mass is 35.5. The molecule has 2 aromatic rings. The molecule has 1 N–H and O–H groups in total. The van der Waals surface area contributed by atoms with Crippen molar-refractivity contribution in [1.82, 2.24) is 9.62 Å². The number of hydrogen-bond acceptors (Lipinski definition) is 4. The molecule has 0 fully saturated rings. The van der Waals surface area contributed by atoms with Crippen molar-refractivity contribution in [2.75, 3.05) is 20.2 Å². The molecule has 2 rings (SSSR count). The number of para-hydroxylation sites is 1. The molecule has 0 unspecified atom stereocenters. The molecule has 150 valence electrons. The highest BCUT2D eigenvalue weighted by Gasteiger charge is 2.26. The Hall–Kier alpha value is -2.06. The Bertz CT molecular complexity index is 964. The van der Waals surface area contributed by atoms with Crippen LogP contribution in [0.4, 0.5) is 0 Å². The van der Waals surface area contributed by atoms with Gasteiger partial charge in [0.15, 0.2) is 0 Å². The van der Waals surface area contributed by atoms with Crippen LogP contribution >= 0.6 is 23.2 Å². The van der Waals surface area contributed by atoms with Crippen LogP contribution in [0.2, 0.25) is 10.0 Å². The summed E-state index contributed by atoms with van der Waals surface area (Å²) >= 11 is 11.8. The molecule has 0 atom stereocenters. The first-order chi connectivity index (χ1) is 13.3. The first-order valence-corrected chi connectivity index (χ1v) is 10.4. The van der Waals surface area contributed by atoms with Crippen LogP contribution in [0, 0.1) is 0 Å². The van der Waals surface area contributed by atoms with Gasteiger partial charge < -0.3 is 10.1 Å². The van der Waals surface area contributed by atoms with E-state index in [0.29, 0.717) is 5.75 Å². The Morgan fingerprint density at radius 1 is 1.21 bits per heavy atom. The van der Waals surface area contributed by atoms with Crippen molar-refractivity contribution in [2.45, 2.75) is 11.4 Å². The van der Waals surface area contributed by atoms with E-state index in [0.717, 1.165) is 9.87 Å². The lowest BCUT2D eigenvalue weighted by Crippen LogP contribution is -2.40. The summed E-state index contributed by atoms with van der Waals surface area (Å²) in [5.74, 6) is 0.172. The van der Waals surface area contributed by atoms with Crippen molar-refractivity contribution in [1.29, 1.82) is 0 Å². The van der Waals surface area contributed by atoms with E-state index in [1.807, 2.05) is 18.2 Å². The smallest absolute Gasteiger partial charge is 0.243 e. The van der Waals surface area contributed by atoms with E-state index in [4.69, 9.17) is 27.9 Å². The first kappa shape index (κ1) is 22.2. The largest absolute Gasteiger partial charge is 0.496 e. The predicted octanol–water partition coefficient (Wildman–Crippen LogP) is 3.50. The van der Waals surface area contributed by atoms with E-state index in [-0.39, 0.29) is 34.6 Å². The van der Waals surface area contributed by atoms with Gasteiger partial charge in [0, 0.05) is 18.7 Å². The number of carbonyl (C=O) groups is 1. The number of sulfonamides is 1. The molecule has 0 bridgehead atoms. The molecule has 0 aliphatic carbocycles. The van der Waals surface area contributed by atoms with Crippen molar-refractivity contribution in [3.63, 3.8) is 0 Å². The molecular weight excluding hydrogens is 423 g/mol. The topological polar surface area (TPSA) is 75.7 Å². The summed E-state index contributed by atoms with van der Waals surface area (Å²) in [6.07, 6.45) is 1.41. The highest BCUT2D eigenvalue weighted by Crippen LogP contribution is 2.26. The zero-order valence-corrected chi connectivity index (χ0v) is 17.5. The number of hydrogen-bond donors (Lipinski definition) is 1. The molecule has 9 heteroatoms. The molecule has 2 aromatic carbocycles. The van der Waals surface area contributed by atoms with Crippen LogP contribution in [0.1, 0.15) is 5.56 Å². The molecule has 0 aromatic heterocycles. The van der Waals surface area contributed by atoms with Crippen molar-refractivity contribution >= 4 is 39.1 Å². The summed E-state index contributed by atoms with van der Waals surface area (Å²) in [6, 6.07) is 11.2. The van der Waals surface area contributed by atoms with Crippen LogP contribution < -0.4 is 10.1 Å². The molecule has 0 radical (unpaired) electrons. The van der Waals surface area contributed by atoms with Crippen LogP contribution in [0.3, 0.4) is 0 Å². The van der Waals surface area contributed by atoms with Gasteiger partial charge in [-0.1, -0.05) is 47.5 Å². The van der Waals surface area contributed by atoms with Crippen LogP contribution in [0.5, 0.6) is 5.75 Å². The molecule has 0 saturated heterocycles. The van der Waals surface area contributed by atoms with E-state index >= 15 is 0 Å². The van der Waals surface area contributed by atoms with Gasteiger partial charge in [-0.2, -0.15) is 4.31 Å². The minimum atomic E-state index is -3.96. The van der Waals surface area contributed by atoms with E-state index in [9.17, 15) is 13.2 Å². The molecule has 0 saturated carbocycles. The molecule has 1 amide bonds. The fourth-order valence-corrected chi connectivity index (χ4v) is 4.19. The van der Waals surface area contributed by atoms with Gasteiger partial charge in [-0.05, 0) is 24.3 Å². The van der Waals surface area contributed by atoms with Gasteiger partial charge in [-0.15, -0.1) is 6.58 Å². The van der Waals surface area contributed by atoms with Crippen LogP contribution in [-0.4, -0.2) is 38.8 Å². The normalized spacial score (nSPS) is 11.3. The number of nitrogens with one attached hydrogen (secondary N) is 1. The van der Waals surface area contributed by atoms with Gasteiger partial charge in [0.1, 0.15) is 5.75 Å². The monoisotopic (exact) mass is 442 g/mol. The Kier molecular flexibility index (Phi) is 7.88. The first-order valence-electron chi connectivity index (χ1n) is 8.24. The van der Waals surface area contributed by atoms with Gasteiger partial charge in [0.05, 0.1) is 28.6 Å². The second-order valence-electron chi connectivity index (χ2n) is 5.75. The maximum atomic E-state index is 12.9. The Morgan fingerprint density at radius 3 is 2.57 bits per heavy atom. The third-order valence-corrected chi connectivity index (χ3v) is 6.40. The maximum Gasteiger partial charge on any atom is 0.243 e. The maximum absolute atomic E-state index is 12.9. The van der Waals surface area contributed by atoms with E-state index in [1.54, 1.807) is 6.07 Å². The zero-order valence-electron chi connectivity index (χ0n) is 15.2. The average molecular weight is 443 g/mol. The number of ether oxygens (including phenoxy) is 1. The number of nitrogens with zero attached hydrogens (tertiary/aromatic N) is 1. The van der Waals surface area contributed by atoms with Crippen LogP contribution in [0.25, 0.3) is 0 Å².